The lowest BCUT2D eigenvalue weighted by Gasteiger charge is -2.32. The van der Waals surface area contributed by atoms with Crippen molar-refractivity contribution >= 4 is 11.8 Å². The molecular formula is C20H21NO2. The zero-order valence-electron chi connectivity index (χ0n) is 13.7. The van der Waals surface area contributed by atoms with Crippen molar-refractivity contribution in [2.75, 3.05) is 0 Å². The van der Waals surface area contributed by atoms with E-state index in [4.69, 9.17) is 0 Å². The predicted octanol–water partition coefficient (Wildman–Crippen LogP) is 4.46. The van der Waals surface area contributed by atoms with Gasteiger partial charge in [-0.05, 0) is 29.5 Å². The van der Waals surface area contributed by atoms with Gasteiger partial charge in [-0.1, -0.05) is 63.2 Å². The van der Waals surface area contributed by atoms with Crippen LogP contribution >= 0.6 is 0 Å². The van der Waals surface area contributed by atoms with Crippen molar-refractivity contribution in [2.45, 2.75) is 33.2 Å². The van der Waals surface area contributed by atoms with Gasteiger partial charge in [0.2, 0.25) is 0 Å². The van der Waals surface area contributed by atoms with Crippen molar-refractivity contribution in [3.63, 3.8) is 0 Å². The number of rotatable bonds is 3. The number of benzene rings is 2. The smallest absolute Gasteiger partial charge is 0.262 e. The molecule has 1 aliphatic heterocycles. The van der Waals surface area contributed by atoms with E-state index in [9.17, 15) is 9.59 Å². The van der Waals surface area contributed by atoms with Gasteiger partial charge in [0.25, 0.3) is 11.8 Å². The van der Waals surface area contributed by atoms with Crippen molar-refractivity contribution in [1.82, 2.24) is 4.90 Å². The molecule has 0 saturated carbocycles. The highest BCUT2D eigenvalue weighted by atomic mass is 16.2. The Morgan fingerprint density at radius 3 is 1.78 bits per heavy atom. The Bertz CT molecular complexity index is 709. The van der Waals surface area contributed by atoms with Gasteiger partial charge >= 0.3 is 0 Å². The van der Waals surface area contributed by atoms with Crippen LogP contribution in [0, 0.1) is 5.41 Å². The predicted molar refractivity (Wildman–Crippen MR) is 90.2 cm³/mol. The van der Waals surface area contributed by atoms with Crippen molar-refractivity contribution in [1.29, 1.82) is 0 Å². The zero-order chi connectivity index (χ0) is 16.6. The molecular weight excluding hydrogens is 286 g/mol. The Morgan fingerprint density at radius 2 is 1.30 bits per heavy atom. The van der Waals surface area contributed by atoms with Crippen molar-refractivity contribution < 1.29 is 9.59 Å². The highest BCUT2D eigenvalue weighted by molar-refractivity contribution is 6.21. The van der Waals surface area contributed by atoms with Gasteiger partial charge in [0.15, 0.2) is 0 Å². The maximum Gasteiger partial charge on any atom is 0.262 e. The number of carbonyl (C=O) groups excluding carboxylic acids is 2. The highest BCUT2D eigenvalue weighted by Crippen LogP contribution is 2.38. The van der Waals surface area contributed by atoms with E-state index in [1.807, 2.05) is 30.3 Å². The molecule has 0 saturated heterocycles. The minimum Gasteiger partial charge on any atom is -0.269 e. The van der Waals surface area contributed by atoms with Crippen LogP contribution in [-0.2, 0) is 0 Å². The lowest BCUT2D eigenvalue weighted by Crippen LogP contribution is -2.36. The summed E-state index contributed by atoms with van der Waals surface area (Å²) in [6.07, 6.45) is 0.725. The van der Waals surface area contributed by atoms with Crippen LogP contribution in [0.1, 0.15) is 59.5 Å². The second-order valence-electron chi connectivity index (χ2n) is 7.22. The van der Waals surface area contributed by atoms with Gasteiger partial charge in [0, 0.05) is 0 Å². The van der Waals surface area contributed by atoms with Crippen molar-refractivity contribution in [3.8, 4) is 0 Å². The summed E-state index contributed by atoms with van der Waals surface area (Å²) in [6, 6.07) is 16.6. The van der Waals surface area contributed by atoms with Crippen molar-refractivity contribution in [2.24, 2.45) is 5.41 Å². The van der Waals surface area contributed by atoms with Gasteiger partial charge in [0.1, 0.15) is 0 Å². The molecule has 118 valence electrons. The normalized spacial score (nSPS) is 15.7. The molecule has 3 rings (SSSR count). The van der Waals surface area contributed by atoms with Gasteiger partial charge in [-0.25, -0.2) is 0 Å². The topological polar surface area (TPSA) is 37.4 Å². The summed E-state index contributed by atoms with van der Waals surface area (Å²) in [5.74, 6) is -0.382. The van der Waals surface area contributed by atoms with E-state index >= 15 is 0 Å². The average Bonchev–Trinajstić information content (AvgIpc) is 2.77. The number of fused-ring (bicyclic) bond motifs is 1. The van der Waals surface area contributed by atoms with E-state index in [0.717, 1.165) is 12.0 Å². The lowest BCUT2D eigenvalue weighted by atomic mass is 9.84. The third-order valence-corrected chi connectivity index (χ3v) is 4.13. The third-order valence-electron chi connectivity index (χ3n) is 4.13. The Balaban J connectivity index is 2.05. The maximum absolute atomic E-state index is 12.8. The van der Waals surface area contributed by atoms with Crippen LogP contribution in [0.4, 0.5) is 0 Å². The van der Waals surface area contributed by atoms with Crippen LogP contribution in [0.25, 0.3) is 0 Å². The molecule has 2 aromatic rings. The summed E-state index contributed by atoms with van der Waals surface area (Å²) in [5.41, 5.74) is 2.01. The van der Waals surface area contributed by atoms with Crippen LogP contribution < -0.4 is 0 Å². The summed E-state index contributed by atoms with van der Waals surface area (Å²) >= 11 is 0. The molecule has 3 heteroatoms. The number of amides is 2. The molecule has 2 aromatic carbocycles. The molecule has 0 fully saturated rings. The Kier molecular flexibility index (Phi) is 3.80. The summed E-state index contributed by atoms with van der Waals surface area (Å²) in [6.45, 7) is 6.38. The second-order valence-corrected chi connectivity index (χ2v) is 7.22. The summed E-state index contributed by atoms with van der Waals surface area (Å²) in [5, 5.41) is 0. The first-order chi connectivity index (χ1) is 10.9. The second kappa shape index (κ2) is 5.65. The van der Waals surface area contributed by atoms with Crippen LogP contribution in [0.15, 0.2) is 54.6 Å². The van der Waals surface area contributed by atoms with Crippen LogP contribution in [0.2, 0.25) is 0 Å². The molecule has 23 heavy (non-hydrogen) atoms. The Labute approximate surface area is 136 Å². The monoisotopic (exact) mass is 307 g/mol. The molecule has 0 bridgehead atoms. The fourth-order valence-electron chi connectivity index (χ4n) is 3.10. The van der Waals surface area contributed by atoms with Gasteiger partial charge in [0.05, 0.1) is 17.2 Å². The molecule has 3 nitrogen and oxygen atoms in total. The Morgan fingerprint density at radius 1 is 0.826 bits per heavy atom. The Hall–Kier alpha value is -2.42. The number of hydrogen-bond acceptors (Lipinski definition) is 2. The SMILES string of the molecule is CC(C)(C)CC(c1ccccc1)N1C(=O)c2ccccc2C1=O. The largest absolute Gasteiger partial charge is 0.269 e. The third kappa shape index (κ3) is 2.91. The fourth-order valence-corrected chi connectivity index (χ4v) is 3.10. The van der Waals surface area contributed by atoms with E-state index in [1.54, 1.807) is 24.3 Å². The van der Waals surface area contributed by atoms with E-state index < -0.39 is 0 Å². The van der Waals surface area contributed by atoms with Crippen LogP contribution in [0.3, 0.4) is 0 Å². The van der Waals surface area contributed by atoms with E-state index in [1.165, 1.54) is 4.90 Å². The standard InChI is InChI=1S/C20H21NO2/c1-20(2,3)13-17(14-9-5-4-6-10-14)21-18(22)15-11-7-8-12-16(15)19(21)23/h4-12,17H,13H2,1-3H3. The van der Waals surface area contributed by atoms with Gasteiger partial charge in [-0.2, -0.15) is 0 Å². The number of imide groups is 1. The zero-order valence-corrected chi connectivity index (χ0v) is 13.7. The molecule has 0 radical (unpaired) electrons. The molecule has 1 unspecified atom stereocenters. The minimum absolute atomic E-state index is 0.00412. The first kappa shape index (κ1) is 15.5. The molecule has 1 heterocycles. The van der Waals surface area contributed by atoms with E-state index in [0.29, 0.717) is 11.1 Å². The van der Waals surface area contributed by atoms with Gasteiger partial charge in [-0.15, -0.1) is 0 Å². The maximum atomic E-state index is 12.8. The van der Waals surface area contributed by atoms with Crippen molar-refractivity contribution in [3.05, 3.63) is 71.3 Å². The first-order valence-electron chi connectivity index (χ1n) is 7.90. The number of hydrogen-bond donors (Lipinski definition) is 0. The fraction of sp³-hybridized carbons (Fsp3) is 0.300. The first-order valence-corrected chi connectivity index (χ1v) is 7.90. The minimum atomic E-state index is -0.247. The summed E-state index contributed by atoms with van der Waals surface area (Å²) in [4.78, 5) is 27.1. The lowest BCUT2D eigenvalue weighted by molar-refractivity contribution is 0.0543. The molecule has 2 amide bonds. The average molecular weight is 307 g/mol. The van der Waals surface area contributed by atoms with Gasteiger partial charge < -0.3 is 0 Å². The number of carbonyl (C=O) groups is 2. The summed E-state index contributed by atoms with van der Waals surface area (Å²) < 4.78 is 0. The molecule has 0 aliphatic carbocycles. The molecule has 0 aromatic heterocycles. The molecule has 1 aliphatic rings. The highest BCUT2D eigenvalue weighted by Gasteiger charge is 2.41. The van der Waals surface area contributed by atoms with E-state index in [-0.39, 0.29) is 23.3 Å². The van der Waals surface area contributed by atoms with Crippen LogP contribution in [0.5, 0.6) is 0 Å². The molecule has 1 atom stereocenters. The molecule has 0 N–H and O–H groups in total. The number of nitrogens with zero attached hydrogens (tertiary/aromatic N) is 1. The summed E-state index contributed by atoms with van der Waals surface area (Å²) in [7, 11) is 0. The van der Waals surface area contributed by atoms with Gasteiger partial charge in [-0.3, -0.25) is 14.5 Å². The quantitative estimate of drug-likeness (QED) is 0.785. The van der Waals surface area contributed by atoms with Crippen LogP contribution in [-0.4, -0.2) is 16.7 Å². The van der Waals surface area contributed by atoms with E-state index in [2.05, 4.69) is 20.8 Å². The molecule has 0 spiro atoms.